The maximum absolute atomic E-state index is 2.58. The van der Waals surface area contributed by atoms with Crippen LogP contribution in [0, 0.1) is 19.3 Å². The van der Waals surface area contributed by atoms with Crippen molar-refractivity contribution < 1.29 is 0 Å². The standard InChI is InChI=1S/C45H52/c1-11-45(12-2,35-25-31-15-13-17-39(41(31)27-35)37-21-19-33(23-29(37)3)43(5,6)7)36-26-32-16-14-18-40(42(32)28-36)38-22-20-34(24-30(38)4)44(8,9)10/h13-24,27-28H,11-12,25-26H2,1-10H3. The Morgan fingerprint density at radius 1 is 0.511 bits per heavy atom. The summed E-state index contributed by atoms with van der Waals surface area (Å²) in [4.78, 5) is 0. The number of benzene rings is 4. The molecule has 0 saturated heterocycles. The number of fused-ring (bicyclic) bond motifs is 2. The zero-order valence-electron chi connectivity index (χ0n) is 29.4. The molecule has 0 heterocycles. The Balaban J connectivity index is 1.40. The average molecular weight is 593 g/mol. The molecule has 0 atom stereocenters. The molecule has 6 rings (SSSR count). The van der Waals surface area contributed by atoms with Gasteiger partial charge in [-0.05, 0) is 117 Å². The molecule has 0 heteroatoms. The van der Waals surface area contributed by atoms with Crippen LogP contribution in [0.5, 0.6) is 0 Å². The van der Waals surface area contributed by atoms with Crippen LogP contribution in [0.4, 0.5) is 0 Å². The van der Waals surface area contributed by atoms with E-state index in [1.54, 1.807) is 11.1 Å². The first-order valence-electron chi connectivity index (χ1n) is 17.2. The molecule has 0 unspecified atom stereocenters. The van der Waals surface area contributed by atoms with Crippen LogP contribution in [0.25, 0.3) is 34.4 Å². The van der Waals surface area contributed by atoms with Gasteiger partial charge in [-0.2, -0.15) is 0 Å². The van der Waals surface area contributed by atoms with E-state index in [4.69, 9.17) is 0 Å². The first-order chi connectivity index (χ1) is 21.3. The quantitative estimate of drug-likeness (QED) is 0.209. The predicted molar refractivity (Wildman–Crippen MR) is 197 cm³/mol. The molecule has 0 N–H and O–H groups in total. The summed E-state index contributed by atoms with van der Waals surface area (Å²) >= 11 is 0. The number of hydrogen-bond donors (Lipinski definition) is 0. The topological polar surface area (TPSA) is 0 Å². The molecule has 0 radical (unpaired) electrons. The van der Waals surface area contributed by atoms with Crippen molar-refractivity contribution in [1.29, 1.82) is 0 Å². The Kier molecular flexibility index (Phi) is 7.88. The van der Waals surface area contributed by atoms with Crippen LogP contribution in [-0.4, -0.2) is 0 Å². The van der Waals surface area contributed by atoms with Crippen LogP contribution in [0.1, 0.15) is 113 Å². The lowest BCUT2D eigenvalue weighted by Gasteiger charge is -2.35. The second-order valence-corrected chi connectivity index (χ2v) is 15.8. The molecule has 4 aromatic carbocycles. The largest absolute Gasteiger partial charge is 0.0642 e. The molecule has 0 saturated carbocycles. The highest BCUT2D eigenvalue weighted by atomic mass is 14.4. The highest BCUT2D eigenvalue weighted by Crippen LogP contribution is 2.53. The maximum Gasteiger partial charge on any atom is 0.0129 e. The van der Waals surface area contributed by atoms with Crippen molar-refractivity contribution in [3.05, 3.63) is 128 Å². The van der Waals surface area contributed by atoms with E-state index in [0.29, 0.717) is 0 Å². The Labute approximate surface area is 273 Å². The molecule has 0 fully saturated rings. The van der Waals surface area contributed by atoms with Gasteiger partial charge in [-0.3, -0.25) is 0 Å². The lowest BCUT2D eigenvalue weighted by atomic mass is 9.68. The second-order valence-electron chi connectivity index (χ2n) is 15.8. The van der Waals surface area contributed by atoms with E-state index in [1.165, 1.54) is 66.8 Å². The second kappa shape index (κ2) is 11.3. The fourth-order valence-electron chi connectivity index (χ4n) is 8.05. The molecule has 0 nitrogen and oxygen atoms in total. The number of hydrogen-bond acceptors (Lipinski definition) is 0. The number of allylic oxidation sites excluding steroid dienone is 2. The molecular formula is C45H52. The van der Waals surface area contributed by atoms with Gasteiger partial charge in [0.25, 0.3) is 0 Å². The lowest BCUT2D eigenvalue weighted by Crippen LogP contribution is -2.25. The molecule has 0 aromatic heterocycles. The van der Waals surface area contributed by atoms with Crippen LogP contribution < -0.4 is 0 Å². The van der Waals surface area contributed by atoms with Gasteiger partial charge in [0.05, 0.1) is 0 Å². The molecule has 0 amide bonds. The summed E-state index contributed by atoms with van der Waals surface area (Å²) in [6.45, 7) is 23.2. The molecule has 2 aliphatic rings. The fourth-order valence-corrected chi connectivity index (χ4v) is 8.05. The van der Waals surface area contributed by atoms with Gasteiger partial charge in [-0.25, -0.2) is 0 Å². The maximum atomic E-state index is 2.58. The van der Waals surface area contributed by atoms with Crippen LogP contribution >= 0.6 is 0 Å². The Morgan fingerprint density at radius 3 is 1.24 bits per heavy atom. The summed E-state index contributed by atoms with van der Waals surface area (Å²) in [5, 5.41) is 0. The molecular weight excluding hydrogens is 540 g/mol. The summed E-state index contributed by atoms with van der Waals surface area (Å²) in [5.74, 6) is 0. The molecule has 45 heavy (non-hydrogen) atoms. The minimum absolute atomic E-state index is 0.0584. The van der Waals surface area contributed by atoms with E-state index in [9.17, 15) is 0 Å². The first-order valence-corrected chi connectivity index (χ1v) is 17.2. The van der Waals surface area contributed by atoms with Gasteiger partial charge < -0.3 is 0 Å². The van der Waals surface area contributed by atoms with Crippen molar-refractivity contribution >= 4 is 12.2 Å². The molecule has 0 aliphatic heterocycles. The Hall–Kier alpha value is -3.64. The number of aryl methyl sites for hydroxylation is 2. The van der Waals surface area contributed by atoms with E-state index in [1.807, 2.05) is 0 Å². The monoisotopic (exact) mass is 592 g/mol. The van der Waals surface area contributed by atoms with Crippen molar-refractivity contribution in [3.63, 3.8) is 0 Å². The van der Waals surface area contributed by atoms with E-state index >= 15 is 0 Å². The Morgan fingerprint density at radius 2 is 0.911 bits per heavy atom. The molecule has 2 aliphatic carbocycles. The van der Waals surface area contributed by atoms with Crippen molar-refractivity contribution in [3.8, 4) is 22.3 Å². The minimum Gasteiger partial charge on any atom is -0.0642 e. The zero-order chi connectivity index (χ0) is 32.3. The number of rotatable bonds is 6. The van der Waals surface area contributed by atoms with Crippen molar-refractivity contribution in [2.75, 3.05) is 0 Å². The molecule has 0 bridgehead atoms. The summed E-state index contributed by atoms with van der Waals surface area (Å²) in [5.41, 5.74) is 20.3. The van der Waals surface area contributed by atoms with Gasteiger partial charge in [0.1, 0.15) is 0 Å². The smallest absolute Gasteiger partial charge is 0.0129 e. The average Bonchev–Trinajstić information content (AvgIpc) is 3.63. The highest BCUT2D eigenvalue weighted by molar-refractivity contribution is 5.86. The van der Waals surface area contributed by atoms with Gasteiger partial charge in [-0.1, -0.05) is 151 Å². The van der Waals surface area contributed by atoms with Crippen molar-refractivity contribution in [1.82, 2.24) is 0 Å². The summed E-state index contributed by atoms with van der Waals surface area (Å²) in [7, 11) is 0. The highest BCUT2D eigenvalue weighted by Gasteiger charge is 2.39. The third-order valence-electron chi connectivity index (χ3n) is 11.0. The SMILES string of the molecule is CCC(CC)(C1=Cc2c(cccc2-c2ccc(C(C)(C)C)cc2C)C1)C1=Cc2c(cccc2-c2ccc(C(C)(C)C)cc2C)C1. The fraction of sp³-hybridized carbons (Fsp3) is 0.378. The van der Waals surface area contributed by atoms with Crippen LogP contribution in [-0.2, 0) is 23.7 Å². The molecule has 4 aromatic rings. The first kappa shape index (κ1) is 31.3. The van der Waals surface area contributed by atoms with E-state index < -0.39 is 0 Å². The zero-order valence-corrected chi connectivity index (χ0v) is 29.4. The van der Waals surface area contributed by atoms with Gasteiger partial charge in [0.2, 0.25) is 0 Å². The minimum atomic E-state index is 0.0584. The normalized spacial score (nSPS) is 14.7. The van der Waals surface area contributed by atoms with E-state index in [2.05, 4.69) is 154 Å². The van der Waals surface area contributed by atoms with Gasteiger partial charge in [0, 0.05) is 5.41 Å². The van der Waals surface area contributed by atoms with Gasteiger partial charge >= 0.3 is 0 Å². The van der Waals surface area contributed by atoms with Crippen LogP contribution in [0.15, 0.2) is 83.9 Å². The Bertz CT molecular complexity index is 1700. The molecule has 232 valence electrons. The van der Waals surface area contributed by atoms with Gasteiger partial charge in [0.15, 0.2) is 0 Å². The molecule has 0 spiro atoms. The predicted octanol–water partition coefficient (Wildman–Crippen LogP) is 12.6. The van der Waals surface area contributed by atoms with Crippen LogP contribution in [0.2, 0.25) is 0 Å². The lowest BCUT2D eigenvalue weighted by molar-refractivity contribution is 0.390. The summed E-state index contributed by atoms with van der Waals surface area (Å²) in [6, 6.07) is 28.1. The van der Waals surface area contributed by atoms with Crippen molar-refractivity contribution in [2.45, 2.75) is 106 Å². The van der Waals surface area contributed by atoms with Crippen molar-refractivity contribution in [2.24, 2.45) is 5.41 Å². The van der Waals surface area contributed by atoms with Gasteiger partial charge in [-0.15, -0.1) is 0 Å². The summed E-state index contributed by atoms with van der Waals surface area (Å²) < 4.78 is 0. The third-order valence-corrected chi connectivity index (χ3v) is 11.0. The van der Waals surface area contributed by atoms with E-state index in [0.717, 1.165) is 25.7 Å². The van der Waals surface area contributed by atoms with E-state index in [-0.39, 0.29) is 16.2 Å². The third kappa shape index (κ3) is 5.45. The summed E-state index contributed by atoms with van der Waals surface area (Å²) in [6.07, 6.45) is 9.47. The van der Waals surface area contributed by atoms with Crippen LogP contribution in [0.3, 0.4) is 0 Å².